The van der Waals surface area contributed by atoms with Gasteiger partial charge in [-0.3, -0.25) is 9.52 Å². The van der Waals surface area contributed by atoms with E-state index in [9.17, 15) is 17.6 Å². The van der Waals surface area contributed by atoms with Crippen LogP contribution in [0, 0.1) is 5.82 Å². The second-order valence-corrected chi connectivity index (χ2v) is 8.85. The van der Waals surface area contributed by atoms with Gasteiger partial charge in [-0.05, 0) is 55.0 Å². The van der Waals surface area contributed by atoms with Crippen molar-refractivity contribution in [2.24, 2.45) is 0 Å². The van der Waals surface area contributed by atoms with Gasteiger partial charge in [-0.1, -0.05) is 41.9 Å². The molecular formula is C22H20ClFN2O3S. The van der Waals surface area contributed by atoms with Crippen LogP contribution in [0.5, 0.6) is 0 Å². The van der Waals surface area contributed by atoms with Gasteiger partial charge in [0.1, 0.15) is 5.82 Å². The molecule has 0 spiro atoms. The minimum absolute atomic E-state index is 0.0626. The Morgan fingerprint density at radius 3 is 2.30 bits per heavy atom. The number of carbonyl (C=O) groups is 1. The molecule has 1 amide bonds. The van der Waals surface area contributed by atoms with Gasteiger partial charge in [0, 0.05) is 12.6 Å². The Morgan fingerprint density at radius 1 is 1.03 bits per heavy atom. The standard InChI is InChI=1S/C22H20ClFN2O3S/c1-15(16-6-4-3-5-7-16)26(2)22(27)17-8-13-20(23)21(14-17)25-30(28,29)19-11-9-18(24)10-12-19/h3-15,25H,1-2H3. The number of sulfonamides is 1. The quantitative estimate of drug-likeness (QED) is 0.572. The fourth-order valence-electron chi connectivity index (χ4n) is 2.89. The highest BCUT2D eigenvalue weighted by molar-refractivity contribution is 7.92. The minimum atomic E-state index is -4.00. The molecule has 30 heavy (non-hydrogen) atoms. The maximum atomic E-state index is 13.1. The van der Waals surface area contributed by atoms with Crippen LogP contribution < -0.4 is 4.72 Å². The van der Waals surface area contributed by atoms with Crippen LogP contribution in [-0.4, -0.2) is 26.3 Å². The molecule has 0 aliphatic rings. The Labute approximate surface area is 180 Å². The second kappa shape index (κ2) is 8.85. The highest BCUT2D eigenvalue weighted by atomic mass is 35.5. The lowest BCUT2D eigenvalue weighted by molar-refractivity contribution is 0.0742. The van der Waals surface area contributed by atoms with Crippen LogP contribution in [0.4, 0.5) is 10.1 Å². The molecule has 0 heterocycles. The predicted molar refractivity (Wildman–Crippen MR) is 116 cm³/mol. The van der Waals surface area contributed by atoms with E-state index in [4.69, 9.17) is 11.6 Å². The molecule has 0 radical (unpaired) electrons. The predicted octanol–water partition coefficient (Wildman–Crippen LogP) is 5.11. The van der Waals surface area contributed by atoms with Crippen molar-refractivity contribution in [2.75, 3.05) is 11.8 Å². The van der Waals surface area contributed by atoms with E-state index in [1.165, 1.54) is 18.2 Å². The maximum Gasteiger partial charge on any atom is 0.261 e. The summed E-state index contributed by atoms with van der Waals surface area (Å²) < 4.78 is 40.6. The van der Waals surface area contributed by atoms with Crippen LogP contribution in [0.2, 0.25) is 5.02 Å². The SMILES string of the molecule is CC(c1ccccc1)N(C)C(=O)c1ccc(Cl)c(NS(=O)(=O)c2ccc(F)cc2)c1. The molecular weight excluding hydrogens is 427 g/mol. The van der Waals surface area contributed by atoms with E-state index in [2.05, 4.69) is 4.72 Å². The Kier molecular flexibility index (Phi) is 6.43. The average molecular weight is 447 g/mol. The molecule has 156 valence electrons. The lowest BCUT2D eigenvalue weighted by Crippen LogP contribution is -2.29. The van der Waals surface area contributed by atoms with E-state index in [0.29, 0.717) is 0 Å². The molecule has 0 aromatic heterocycles. The van der Waals surface area contributed by atoms with Gasteiger partial charge in [-0.25, -0.2) is 12.8 Å². The number of benzene rings is 3. The summed E-state index contributed by atoms with van der Waals surface area (Å²) in [5, 5.41) is 0.135. The van der Waals surface area contributed by atoms with Gasteiger partial charge in [0.05, 0.1) is 21.6 Å². The molecule has 0 fully saturated rings. The highest BCUT2D eigenvalue weighted by Gasteiger charge is 2.21. The third-order valence-electron chi connectivity index (χ3n) is 4.76. The summed E-state index contributed by atoms with van der Waals surface area (Å²) in [6.45, 7) is 1.90. The van der Waals surface area contributed by atoms with Crippen molar-refractivity contribution < 1.29 is 17.6 Å². The Morgan fingerprint density at radius 2 is 1.67 bits per heavy atom. The first-order valence-electron chi connectivity index (χ1n) is 9.09. The van der Waals surface area contributed by atoms with Crippen molar-refractivity contribution in [1.29, 1.82) is 0 Å². The number of nitrogens with zero attached hydrogens (tertiary/aromatic N) is 1. The Bertz CT molecular complexity index is 1150. The van der Waals surface area contributed by atoms with Crippen LogP contribution >= 0.6 is 11.6 Å². The molecule has 0 saturated heterocycles. The first kappa shape index (κ1) is 21.8. The van der Waals surface area contributed by atoms with Gasteiger partial charge in [0.25, 0.3) is 15.9 Å². The first-order chi connectivity index (χ1) is 14.2. The molecule has 3 aromatic rings. The van der Waals surface area contributed by atoms with E-state index >= 15 is 0 Å². The first-order valence-corrected chi connectivity index (χ1v) is 10.9. The van der Waals surface area contributed by atoms with Gasteiger partial charge < -0.3 is 4.90 Å². The molecule has 0 aliphatic carbocycles. The Hall–Kier alpha value is -2.90. The zero-order chi connectivity index (χ0) is 21.9. The second-order valence-electron chi connectivity index (χ2n) is 6.76. The van der Waals surface area contributed by atoms with Crippen LogP contribution in [-0.2, 0) is 10.0 Å². The molecule has 3 rings (SSSR count). The molecule has 5 nitrogen and oxygen atoms in total. The summed E-state index contributed by atoms with van der Waals surface area (Å²) in [4.78, 5) is 14.4. The number of amides is 1. The smallest absolute Gasteiger partial charge is 0.261 e. The zero-order valence-electron chi connectivity index (χ0n) is 16.3. The number of carbonyl (C=O) groups excluding carboxylic acids is 1. The van der Waals surface area contributed by atoms with Crippen LogP contribution in [0.3, 0.4) is 0 Å². The minimum Gasteiger partial charge on any atom is -0.335 e. The molecule has 3 aromatic carbocycles. The van der Waals surface area contributed by atoms with Crippen molar-refractivity contribution in [3.8, 4) is 0 Å². The topological polar surface area (TPSA) is 66.5 Å². The van der Waals surface area contributed by atoms with E-state index in [1.807, 2.05) is 37.3 Å². The van der Waals surface area contributed by atoms with Crippen molar-refractivity contribution in [3.05, 3.63) is 94.8 Å². The molecule has 1 N–H and O–H groups in total. The fourth-order valence-corrected chi connectivity index (χ4v) is 4.18. The third-order valence-corrected chi connectivity index (χ3v) is 6.48. The number of anilines is 1. The molecule has 0 aliphatic heterocycles. The monoisotopic (exact) mass is 446 g/mol. The van der Waals surface area contributed by atoms with Gasteiger partial charge in [0.2, 0.25) is 0 Å². The number of nitrogens with one attached hydrogen (secondary N) is 1. The van der Waals surface area contributed by atoms with Crippen LogP contribution in [0.1, 0.15) is 28.9 Å². The highest BCUT2D eigenvalue weighted by Crippen LogP contribution is 2.28. The Balaban J connectivity index is 1.85. The largest absolute Gasteiger partial charge is 0.335 e. The van der Waals surface area contributed by atoms with Crippen molar-refractivity contribution in [1.82, 2.24) is 4.90 Å². The van der Waals surface area contributed by atoms with E-state index in [-0.39, 0.29) is 33.1 Å². The summed E-state index contributed by atoms with van der Waals surface area (Å²) in [5.41, 5.74) is 1.31. The molecule has 1 unspecified atom stereocenters. The summed E-state index contributed by atoms with van der Waals surface area (Å²) in [6.07, 6.45) is 0. The van der Waals surface area contributed by atoms with E-state index in [1.54, 1.807) is 11.9 Å². The summed E-state index contributed by atoms with van der Waals surface area (Å²) >= 11 is 6.15. The number of rotatable bonds is 6. The van der Waals surface area contributed by atoms with Crippen molar-refractivity contribution in [2.45, 2.75) is 17.9 Å². The van der Waals surface area contributed by atoms with Crippen molar-refractivity contribution >= 4 is 33.2 Å². The number of hydrogen-bond donors (Lipinski definition) is 1. The van der Waals surface area contributed by atoms with Gasteiger partial charge >= 0.3 is 0 Å². The van der Waals surface area contributed by atoms with Gasteiger partial charge in [-0.2, -0.15) is 0 Å². The normalized spacial score (nSPS) is 12.3. The van der Waals surface area contributed by atoms with E-state index in [0.717, 1.165) is 29.8 Å². The fraction of sp³-hybridized carbons (Fsp3) is 0.136. The number of hydrogen-bond acceptors (Lipinski definition) is 3. The summed E-state index contributed by atoms with van der Waals surface area (Å²) in [7, 11) is -2.32. The van der Waals surface area contributed by atoms with E-state index < -0.39 is 15.8 Å². The average Bonchev–Trinajstić information content (AvgIpc) is 2.74. The zero-order valence-corrected chi connectivity index (χ0v) is 17.9. The van der Waals surface area contributed by atoms with Gasteiger partial charge in [0.15, 0.2) is 0 Å². The summed E-state index contributed by atoms with van der Waals surface area (Å²) in [5.74, 6) is -0.833. The maximum absolute atomic E-state index is 13.1. The third kappa shape index (κ3) is 4.80. The van der Waals surface area contributed by atoms with Crippen LogP contribution in [0.25, 0.3) is 0 Å². The molecule has 1 atom stereocenters. The van der Waals surface area contributed by atoms with Crippen molar-refractivity contribution in [3.63, 3.8) is 0 Å². The molecule has 0 bridgehead atoms. The number of halogens is 2. The lowest BCUT2D eigenvalue weighted by Gasteiger charge is -2.25. The lowest BCUT2D eigenvalue weighted by atomic mass is 10.1. The van der Waals surface area contributed by atoms with Gasteiger partial charge in [-0.15, -0.1) is 0 Å². The molecule has 0 saturated carbocycles. The molecule has 8 heteroatoms. The van der Waals surface area contributed by atoms with Crippen LogP contribution in [0.15, 0.2) is 77.7 Å². The summed E-state index contributed by atoms with van der Waals surface area (Å²) in [6, 6.07) is 18.1.